The number of aromatic hydroxyl groups is 2. The number of benzene rings is 2. The normalized spacial score (nSPS) is 14.8. The Balaban J connectivity index is 1.54. The summed E-state index contributed by atoms with van der Waals surface area (Å²) in [5.74, 6) is -1.59. The van der Waals surface area contributed by atoms with Gasteiger partial charge in [-0.05, 0) is 42.8 Å². The average molecular weight is 535 g/mol. The van der Waals surface area contributed by atoms with Crippen LogP contribution in [0.2, 0.25) is 0 Å². The monoisotopic (exact) mass is 534 g/mol. The third-order valence-electron chi connectivity index (χ3n) is 4.70. The molecule has 0 aliphatic carbocycles. The van der Waals surface area contributed by atoms with Crippen LogP contribution in [-0.2, 0) is 9.59 Å². The zero-order chi connectivity index (χ0) is 23.4. The summed E-state index contributed by atoms with van der Waals surface area (Å²) in [5.41, 5.74) is 1.15. The van der Waals surface area contributed by atoms with Gasteiger partial charge in [-0.3, -0.25) is 19.3 Å². The summed E-state index contributed by atoms with van der Waals surface area (Å²) in [6.07, 6.45) is 1.76. The van der Waals surface area contributed by atoms with Crippen molar-refractivity contribution in [3.05, 3.63) is 62.5 Å². The van der Waals surface area contributed by atoms with Gasteiger partial charge in [0.1, 0.15) is 15.8 Å². The number of carbonyl (C=O) groups is 3. The maximum absolute atomic E-state index is 12.7. The number of rotatable bonds is 7. The molecule has 32 heavy (non-hydrogen) atoms. The Kier molecular flexibility index (Phi) is 7.70. The molecule has 0 radical (unpaired) electrons. The highest BCUT2D eigenvalue weighted by atomic mass is 79.9. The Bertz CT molecular complexity index is 1130. The minimum absolute atomic E-state index is 0.0152. The molecular weight excluding hydrogens is 516 g/mol. The number of halogens is 1. The molecule has 3 N–H and O–H groups in total. The van der Waals surface area contributed by atoms with Gasteiger partial charge in [-0.25, -0.2) is 0 Å². The summed E-state index contributed by atoms with van der Waals surface area (Å²) in [4.78, 5) is 38.9. The highest BCUT2D eigenvalue weighted by Gasteiger charge is 2.32. The molecule has 1 fully saturated rings. The van der Waals surface area contributed by atoms with Crippen LogP contribution in [0.5, 0.6) is 11.5 Å². The molecular formula is C22H19BrN2O5S2. The zero-order valence-electron chi connectivity index (χ0n) is 16.9. The van der Waals surface area contributed by atoms with Crippen molar-refractivity contribution in [2.24, 2.45) is 0 Å². The first-order valence-electron chi connectivity index (χ1n) is 9.49. The fourth-order valence-electron chi connectivity index (χ4n) is 2.86. The second-order valence-corrected chi connectivity index (χ2v) is 9.59. The predicted octanol–water partition coefficient (Wildman–Crippen LogP) is 3.76. The van der Waals surface area contributed by atoms with Crippen LogP contribution in [0.25, 0.3) is 6.08 Å². The first-order chi connectivity index (χ1) is 15.2. The van der Waals surface area contributed by atoms with Crippen molar-refractivity contribution < 1.29 is 24.6 Å². The van der Waals surface area contributed by atoms with Crippen molar-refractivity contribution in [2.75, 3.05) is 13.1 Å². The summed E-state index contributed by atoms with van der Waals surface area (Å²) in [6.45, 7) is 1.37. The lowest BCUT2D eigenvalue weighted by Gasteiger charge is -2.14. The Labute approximate surface area is 202 Å². The van der Waals surface area contributed by atoms with Crippen LogP contribution >= 0.6 is 39.9 Å². The van der Waals surface area contributed by atoms with Crippen molar-refractivity contribution >= 4 is 67.9 Å². The number of Topliss-reactive ketones (excluding diaryl/α,β-unsaturated/α-hetero) is 1. The molecule has 7 nitrogen and oxygen atoms in total. The highest BCUT2D eigenvalue weighted by Crippen LogP contribution is 2.33. The molecule has 2 amide bonds. The third kappa shape index (κ3) is 5.76. The van der Waals surface area contributed by atoms with E-state index in [0.717, 1.165) is 10.0 Å². The lowest BCUT2D eigenvalue weighted by atomic mass is 10.1. The standard InChI is InChI=1S/C22H19BrN2O5S2/c1-12-17(27)9-14(10-18(12)28)20(29)24-11-16(26)5-6-25-21(30)19(32-22(25)31)8-13-3-2-4-15(23)7-13/h2-4,7-10,27-28H,5-6,11H2,1H3,(H,24,29)/b19-8-. The molecule has 2 aromatic rings. The summed E-state index contributed by atoms with van der Waals surface area (Å²) in [6, 6.07) is 9.93. The number of amides is 2. The van der Waals surface area contributed by atoms with Gasteiger partial charge in [-0.15, -0.1) is 0 Å². The van der Waals surface area contributed by atoms with Crippen molar-refractivity contribution in [3.63, 3.8) is 0 Å². The van der Waals surface area contributed by atoms with E-state index in [9.17, 15) is 24.6 Å². The molecule has 1 aliphatic rings. The van der Waals surface area contributed by atoms with E-state index in [2.05, 4.69) is 21.2 Å². The van der Waals surface area contributed by atoms with Crippen LogP contribution < -0.4 is 5.32 Å². The van der Waals surface area contributed by atoms with Crippen LogP contribution in [0.3, 0.4) is 0 Å². The number of hydrogen-bond donors (Lipinski definition) is 3. The smallest absolute Gasteiger partial charge is 0.266 e. The molecule has 0 atom stereocenters. The van der Waals surface area contributed by atoms with Gasteiger partial charge < -0.3 is 15.5 Å². The average Bonchev–Trinajstić information content (AvgIpc) is 3.00. The van der Waals surface area contributed by atoms with E-state index in [1.165, 1.54) is 35.7 Å². The molecule has 10 heteroatoms. The minimum atomic E-state index is -0.605. The van der Waals surface area contributed by atoms with E-state index in [0.29, 0.717) is 9.23 Å². The summed E-state index contributed by atoms with van der Waals surface area (Å²) in [7, 11) is 0. The number of carbonyl (C=O) groups excluding carboxylic acids is 3. The lowest BCUT2D eigenvalue weighted by Crippen LogP contribution is -2.34. The fraction of sp³-hybridized carbons (Fsp3) is 0.182. The molecule has 2 aromatic carbocycles. The zero-order valence-corrected chi connectivity index (χ0v) is 20.1. The van der Waals surface area contributed by atoms with Gasteiger partial charge in [-0.2, -0.15) is 0 Å². The van der Waals surface area contributed by atoms with Gasteiger partial charge in [0, 0.05) is 28.6 Å². The Morgan fingerprint density at radius 3 is 2.56 bits per heavy atom. The van der Waals surface area contributed by atoms with Crippen molar-refractivity contribution in [1.82, 2.24) is 10.2 Å². The lowest BCUT2D eigenvalue weighted by molar-refractivity contribution is -0.123. The molecule has 3 rings (SSSR count). The molecule has 0 bridgehead atoms. The van der Waals surface area contributed by atoms with E-state index < -0.39 is 5.91 Å². The van der Waals surface area contributed by atoms with E-state index in [4.69, 9.17) is 12.2 Å². The van der Waals surface area contributed by atoms with Crippen molar-refractivity contribution in [1.29, 1.82) is 0 Å². The number of hydrogen-bond acceptors (Lipinski definition) is 7. The molecule has 1 saturated heterocycles. The highest BCUT2D eigenvalue weighted by molar-refractivity contribution is 9.10. The second-order valence-electron chi connectivity index (χ2n) is 7.00. The number of nitrogens with one attached hydrogen (secondary N) is 1. The maximum atomic E-state index is 12.7. The van der Waals surface area contributed by atoms with Crippen molar-refractivity contribution in [3.8, 4) is 11.5 Å². The third-order valence-corrected chi connectivity index (χ3v) is 6.57. The topological polar surface area (TPSA) is 107 Å². The van der Waals surface area contributed by atoms with Crippen molar-refractivity contribution in [2.45, 2.75) is 13.3 Å². The SMILES string of the molecule is Cc1c(O)cc(C(=O)NCC(=O)CCN2C(=O)/C(=C/c3cccc(Br)c3)SC2=S)cc1O. The van der Waals surface area contributed by atoms with E-state index in [-0.39, 0.29) is 53.8 Å². The Hall–Kier alpha value is -2.69. The Morgan fingerprint density at radius 2 is 1.91 bits per heavy atom. The van der Waals surface area contributed by atoms with Crippen LogP contribution in [-0.4, -0.2) is 50.1 Å². The quantitative estimate of drug-likeness (QED) is 0.366. The maximum Gasteiger partial charge on any atom is 0.266 e. The van der Waals surface area contributed by atoms with E-state index in [1.54, 1.807) is 6.08 Å². The summed E-state index contributed by atoms with van der Waals surface area (Å²) < 4.78 is 1.27. The van der Waals surface area contributed by atoms with Gasteiger partial charge in [0.25, 0.3) is 11.8 Å². The van der Waals surface area contributed by atoms with Crippen LogP contribution in [0.4, 0.5) is 0 Å². The molecule has 0 aromatic heterocycles. The van der Waals surface area contributed by atoms with E-state index >= 15 is 0 Å². The van der Waals surface area contributed by atoms with Gasteiger partial charge in [0.2, 0.25) is 0 Å². The minimum Gasteiger partial charge on any atom is -0.508 e. The number of thioether (sulfide) groups is 1. The van der Waals surface area contributed by atoms with Gasteiger partial charge in [0.05, 0.1) is 11.4 Å². The van der Waals surface area contributed by atoms with Crippen LogP contribution in [0, 0.1) is 6.92 Å². The second kappa shape index (κ2) is 10.3. The Morgan fingerprint density at radius 1 is 1.22 bits per heavy atom. The largest absolute Gasteiger partial charge is 0.508 e. The van der Waals surface area contributed by atoms with Crippen LogP contribution in [0.1, 0.15) is 27.9 Å². The molecule has 1 heterocycles. The molecule has 166 valence electrons. The fourth-order valence-corrected chi connectivity index (χ4v) is 4.59. The number of nitrogens with zero attached hydrogens (tertiary/aromatic N) is 1. The number of phenols is 2. The van der Waals surface area contributed by atoms with Gasteiger partial charge in [-0.1, -0.05) is 52.0 Å². The van der Waals surface area contributed by atoms with Crippen LogP contribution in [0.15, 0.2) is 45.8 Å². The number of ketones is 1. The van der Waals surface area contributed by atoms with E-state index in [1.807, 2.05) is 24.3 Å². The summed E-state index contributed by atoms with van der Waals surface area (Å²) in [5, 5.41) is 21.9. The van der Waals surface area contributed by atoms with Gasteiger partial charge >= 0.3 is 0 Å². The number of phenolic OH excluding ortho intramolecular Hbond substituents is 2. The first kappa shape index (κ1) is 24.0. The van der Waals surface area contributed by atoms with Gasteiger partial charge in [0.15, 0.2) is 5.78 Å². The summed E-state index contributed by atoms with van der Waals surface area (Å²) >= 11 is 9.85. The molecule has 0 unspecified atom stereocenters. The first-order valence-corrected chi connectivity index (χ1v) is 11.5. The predicted molar refractivity (Wildman–Crippen MR) is 130 cm³/mol. The number of thiocarbonyl (C=S) groups is 1. The molecule has 1 aliphatic heterocycles. The molecule has 0 spiro atoms. The molecule has 0 saturated carbocycles.